The van der Waals surface area contributed by atoms with Crippen LogP contribution in [0.1, 0.15) is 0 Å². The molecule has 4 aromatic rings. The van der Waals surface area contributed by atoms with E-state index in [4.69, 9.17) is 4.74 Å². The Morgan fingerprint density at radius 2 is 1.63 bits per heavy atom. The first-order chi connectivity index (χ1) is 14.5. The van der Waals surface area contributed by atoms with Crippen molar-refractivity contribution in [2.24, 2.45) is 0 Å². The Kier molecular flexibility index (Phi) is 5.40. The molecule has 3 aromatic carbocycles. The molecule has 0 unspecified atom stereocenters. The lowest BCUT2D eigenvalue weighted by molar-refractivity contribution is -0.384. The van der Waals surface area contributed by atoms with Gasteiger partial charge in [-0.1, -0.05) is 30.0 Å². The van der Waals surface area contributed by atoms with Gasteiger partial charge in [0.1, 0.15) is 11.6 Å². The van der Waals surface area contributed by atoms with Crippen molar-refractivity contribution in [1.82, 2.24) is 4.98 Å². The van der Waals surface area contributed by atoms with Crippen LogP contribution in [-0.4, -0.2) is 17.0 Å². The zero-order valence-corrected chi connectivity index (χ0v) is 16.7. The molecule has 0 aliphatic rings. The lowest BCUT2D eigenvalue weighted by atomic mass is 10.1. The average Bonchev–Trinajstić information content (AvgIpc) is 2.77. The predicted octanol–water partition coefficient (Wildman–Crippen LogP) is 5.34. The van der Waals surface area contributed by atoms with Crippen molar-refractivity contribution in [3.05, 3.63) is 93.3 Å². The molecule has 0 amide bonds. The van der Waals surface area contributed by atoms with Gasteiger partial charge in [0, 0.05) is 33.5 Å². The number of ether oxygens (including phenoxy) is 1. The zero-order chi connectivity index (χ0) is 21.1. The van der Waals surface area contributed by atoms with Gasteiger partial charge in [-0.2, -0.15) is 0 Å². The Hall–Kier alpha value is -3.78. The number of hydrogen-bond donors (Lipinski definition) is 2. The number of hydrogen-bond acceptors (Lipinski definition) is 6. The van der Waals surface area contributed by atoms with Crippen molar-refractivity contribution in [2.45, 2.75) is 9.79 Å². The van der Waals surface area contributed by atoms with Crippen LogP contribution < -0.4 is 15.6 Å². The summed E-state index contributed by atoms with van der Waals surface area (Å²) in [6.07, 6.45) is 0. The van der Waals surface area contributed by atoms with Gasteiger partial charge in [-0.25, -0.2) is 0 Å². The molecule has 0 saturated carbocycles. The summed E-state index contributed by atoms with van der Waals surface area (Å²) in [5, 5.41) is 15.6. The Morgan fingerprint density at radius 3 is 2.27 bits per heavy atom. The number of methoxy groups -OCH3 is 1. The van der Waals surface area contributed by atoms with Crippen LogP contribution in [0.15, 0.2) is 87.4 Å². The third-order valence-electron chi connectivity index (χ3n) is 4.51. The van der Waals surface area contributed by atoms with Crippen molar-refractivity contribution in [3.63, 3.8) is 0 Å². The van der Waals surface area contributed by atoms with Crippen molar-refractivity contribution in [3.8, 4) is 5.75 Å². The largest absolute Gasteiger partial charge is 0.497 e. The lowest BCUT2D eigenvalue weighted by Crippen LogP contribution is -2.10. The minimum Gasteiger partial charge on any atom is -0.497 e. The minimum absolute atomic E-state index is 0.0299. The molecule has 0 aliphatic carbocycles. The van der Waals surface area contributed by atoms with Crippen molar-refractivity contribution < 1.29 is 9.66 Å². The van der Waals surface area contributed by atoms with Gasteiger partial charge in [-0.05, 0) is 42.5 Å². The lowest BCUT2D eigenvalue weighted by Gasteiger charge is -2.14. The number of nitro benzene ring substituents is 1. The third kappa shape index (κ3) is 3.99. The van der Waals surface area contributed by atoms with Crippen LogP contribution in [0.25, 0.3) is 10.8 Å². The molecule has 0 fully saturated rings. The summed E-state index contributed by atoms with van der Waals surface area (Å²) < 4.78 is 5.19. The molecule has 0 radical (unpaired) electrons. The van der Waals surface area contributed by atoms with Gasteiger partial charge in [0.05, 0.1) is 16.9 Å². The topological polar surface area (TPSA) is 97.3 Å². The van der Waals surface area contributed by atoms with Crippen molar-refractivity contribution >= 4 is 39.7 Å². The average molecular weight is 419 g/mol. The highest BCUT2D eigenvalue weighted by Gasteiger charge is 2.14. The monoisotopic (exact) mass is 419 g/mol. The summed E-state index contributed by atoms with van der Waals surface area (Å²) in [4.78, 5) is 27.7. The Labute approximate surface area is 175 Å². The van der Waals surface area contributed by atoms with Crippen molar-refractivity contribution in [1.29, 1.82) is 0 Å². The number of benzene rings is 3. The van der Waals surface area contributed by atoms with Gasteiger partial charge in [-0.3, -0.25) is 14.9 Å². The SMILES string of the molecule is COc1ccc(Nc2[nH]c(=O)c3ccccc3c2Sc2ccc([N+](=O)[O-])cc2)cc1. The third-order valence-corrected chi connectivity index (χ3v) is 5.64. The maximum Gasteiger partial charge on any atom is 0.269 e. The molecule has 0 spiro atoms. The number of nitro groups is 1. The van der Waals surface area contributed by atoms with E-state index in [1.165, 1.54) is 23.9 Å². The number of H-pyrrole nitrogens is 1. The van der Waals surface area contributed by atoms with E-state index in [1.54, 1.807) is 25.3 Å². The first-order valence-electron chi connectivity index (χ1n) is 9.03. The van der Waals surface area contributed by atoms with Crippen LogP contribution in [0.5, 0.6) is 5.75 Å². The molecule has 0 saturated heterocycles. The minimum atomic E-state index is -0.430. The highest BCUT2D eigenvalue weighted by molar-refractivity contribution is 7.99. The molecule has 30 heavy (non-hydrogen) atoms. The van der Waals surface area contributed by atoms with E-state index >= 15 is 0 Å². The number of nitrogens with one attached hydrogen (secondary N) is 2. The van der Waals surface area contributed by atoms with E-state index in [9.17, 15) is 14.9 Å². The summed E-state index contributed by atoms with van der Waals surface area (Å²) in [6, 6.07) is 21.0. The van der Waals surface area contributed by atoms with Crippen LogP contribution >= 0.6 is 11.8 Å². The highest BCUT2D eigenvalue weighted by atomic mass is 32.2. The maximum atomic E-state index is 12.6. The van der Waals surface area contributed by atoms with E-state index in [-0.39, 0.29) is 11.2 Å². The Bertz CT molecular complexity index is 1270. The molecular formula is C22H17N3O4S. The smallest absolute Gasteiger partial charge is 0.269 e. The van der Waals surface area contributed by atoms with Crippen LogP contribution in [0.3, 0.4) is 0 Å². The molecule has 2 N–H and O–H groups in total. The molecule has 7 nitrogen and oxygen atoms in total. The van der Waals surface area contributed by atoms with Gasteiger partial charge in [0.15, 0.2) is 0 Å². The van der Waals surface area contributed by atoms with Crippen molar-refractivity contribution in [2.75, 3.05) is 12.4 Å². The van der Waals surface area contributed by atoms with Crippen LogP contribution in [-0.2, 0) is 0 Å². The van der Waals surface area contributed by atoms with E-state index in [0.717, 1.165) is 26.6 Å². The quantitative estimate of drug-likeness (QED) is 0.323. The Balaban J connectivity index is 1.78. The number of nitrogens with zero attached hydrogens (tertiary/aromatic N) is 1. The normalized spacial score (nSPS) is 10.7. The second-order valence-electron chi connectivity index (χ2n) is 6.41. The molecule has 8 heteroatoms. The summed E-state index contributed by atoms with van der Waals surface area (Å²) >= 11 is 1.42. The van der Waals surface area contributed by atoms with Gasteiger partial charge in [0.2, 0.25) is 0 Å². The van der Waals surface area contributed by atoms with Crippen LogP contribution in [0.2, 0.25) is 0 Å². The summed E-state index contributed by atoms with van der Waals surface area (Å²) in [5.41, 5.74) is 0.615. The van der Waals surface area contributed by atoms with Gasteiger partial charge in [0.25, 0.3) is 11.2 Å². The number of fused-ring (bicyclic) bond motifs is 1. The highest BCUT2D eigenvalue weighted by Crippen LogP contribution is 2.38. The Morgan fingerprint density at radius 1 is 0.967 bits per heavy atom. The maximum absolute atomic E-state index is 12.6. The number of aromatic nitrogens is 1. The predicted molar refractivity (Wildman–Crippen MR) is 118 cm³/mol. The van der Waals surface area contributed by atoms with E-state index in [1.807, 2.05) is 42.5 Å². The summed E-state index contributed by atoms with van der Waals surface area (Å²) in [7, 11) is 1.60. The number of rotatable bonds is 6. The fourth-order valence-corrected chi connectivity index (χ4v) is 4.02. The fraction of sp³-hybridized carbons (Fsp3) is 0.0455. The van der Waals surface area contributed by atoms with E-state index in [2.05, 4.69) is 10.3 Å². The molecular weight excluding hydrogens is 402 g/mol. The van der Waals surface area contributed by atoms with Gasteiger partial charge >= 0.3 is 0 Å². The first-order valence-corrected chi connectivity index (χ1v) is 9.85. The summed E-state index contributed by atoms with van der Waals surface area (Å²) in [6.45, 7) is 0. The molecule has 0 atom stereocenters. The molecule has 4 rings (SSSR count). The van der Waals surface area contributed by atoms with Gasteiger partial charge < -0.3 is 15.0 Å². The van der Waals surface area contributed by atoms with Crippen LogP contribution in [0.4, 0.5) is 17.2 Å². The number of pyridine rings is 1. The zero-order valence-electron chi connectivity index (χ0n) is 15.9. The van der Waals surface area contributed by atoms with E-state index < -0.39 is 4.92 Å². The fourth-order valence-electron chi connectivity index (χ4n) is 3.02. The standard InChI is InChI=1S/C22H17N3O4S/c1-29-16-10-6-14(7-11-16)23-21-20(18-4-2-3-5-19(18)22(26)24-21)30-17-12-8-15(9-13-17)25(27)28/h2-13H,1H3,(H2,23,24,26). The summed E-state index contributed by atoms with van der Waals surface area (Å²) in [5.74, 6) is 1.28. The number of aromatic amines is 1. The second kappa shape index (κ2) is 8.30. The van der Waals surface area contributed by atoms with Crippen LogP contribution in [0, 0.1) is 10.1 Å². The molecule has 1 aromatic heterocycles. The molecule has 0 bridgehead atoms. The number of anilines is 2. The number of non-ortho nitro benzene ring substituents is 1. The second-order valence-corrected chi connectivity index (χ2v) is 7.49. The molecule has 150 valence electrons. The molecule has 0 aliphatic heterocycles. The van der Waals surface area contributed by atoms with E-state index in [0.29, 0.717) is 11.2 Å². The first kappa shape index (κ1) is 19.5. The molecule has 1 heterocycles. The van der Waals surface area contributed by atoms with Gasteiger partial charge in [-0.15, -0.1) is 0 Å².